The smallest absolute Gasteiger partial charge is 0.243 e. The Morgan fingerprint density at radius 1 is 1.03 bits per heavy atom. The summed E-state index contributed by atoms with van der Waals surface area (Å²) in [6.07, 6.45) is 2.38. The number of likely N-dealkylation sites (tertiary alicyclic amines) is 1. The highest BCUT2D eigenvalue weighted by Crippen LogP contribution is 2.33. The molecule has 0 aliphatic carbocycles. The molecule has 2 fully saturated rings. The second-order valence-electron chi connectivity index (χ2n) is 7.89. The summed E-state index contributed by atoms with van der Waals surface area (Å²) in [5, 5.41) is 0. The molecule has 30 heavy (non-hydrogen) atoms. The van der Waals surface area contributed by atoms with Crippen molar-refractivity contribution in [1.29, 1.82) is 0 Å². The van der Waals surface area contributed by atoms with Gasteiger partial charge in [-0.3, -0.25) is 4.90 Å². The fraction of sp³-hybridized carbons (Fsp3) is 0.478. The Kier molecular flexibility index (Phi) is 6.73. The molecule has 0 saturated carbocycles. The second-order valence-corrected chi connectivity index (χ2v) is 9.82. The molecule has 1 atom stereocenters. The van der Waals surface area contributed by atoms with E-state index in [0.29, 0.717) is 49.6 Å². The van der Waals surface area contributed by atoms with Gasteiger partial charge in [-0.05, 0) is 61.7 Å². The number of aryl methyl sites for hydroxylation is 1. The van der Waals surface area contributed by atoms with Crippen molar-refractivity contribution in [2.75, 3.05) is 46.0 Å². The minimum atomic E-state index is -3.46. The van der Waals surface area contributed by atoms with Gasteiger partial charge in [0, 0.05) is 25.7 Å². The normalized spacial score (nSPS) is 21.0. The van der Waals surface area contributed by atoms with Crippen LogP contribution >= 0.6 is 0 Å². The predicted octanol–water partition coefficient (Wildman–Crippen LogP) is 3.23. The van der Waals surface area contributed by atoms with Gasteiger partial charge in [-0.2, -0.15) is 4.31 Å². The highest BCUT2D eigenvalue weighted by atomic mass is 32.2. The molecule has 4 rings (SSSR count). The Morgan fingerprint density at radius 3 is 2.50 bits per heavy atom. The van der Waals surface area contributed by atoms with Crippen LogP contribution in [0.2, 0.25) is 0 Å². The van der Waals surface area contributed by atoms with E-state index in [0.717, 1.165) is 13.1 Å². The van der Waals surface area contributed by atoms with Crippen molar-refractivity contribution >= 4 is 10.0 Å². The molecule has 0 aromatic heterocycles. The van der Waals surface area contributed by atoms with Gasteiger partial charge in [-0.1, -0.05) is 24.3 Å². The first-order valence-corrected chi connectivity index (χ1v) is 12.1. The molecule has 162 valence electrons. The van der Waals surface area contributed by atoms with Gasteiger partial charge in [0.2, 0.25) is 10.0 Å². The zero-order chi connectivity index (χ0) is 21.0. The van der Waals surface area contributed by atoms with E-state index in [1.807, 2.05) is 0 Å². The maximum atomic E-state index is 12.7. The monoisotopic (exact) mass is 430 g/mol. The largest absolute Gasteiger partial charge is 0.492 e. The molecule has 2 aliphatic heterocycles. The van der Waals surface area contributed by atoms with E-state index in [1.165, 1.54) is 28.3 Å². The molecule has 0 radical (unpaired) electrons. The number of morpholine rings is 1. The van der Waals surface area contributed by atoms with E-state index in [2.05, 4.69) is 36.1 Å². The van der Waals surface area contributed by atoms with Gasteiger partial charge in [-0.15, -0.1) is 0 Å². The Hall–Kier alpha value is -1.93. The molecule has 0 bridgehead atoms. The maximum Gasteiger partial charge on any atom is 0.243 e. The first-order chi connectivity index (χ1) is 14.6. The van der Waals surface area contributed by atoms with E-state index in [-0.39, 0.29) is 0 Å². The van der Waals surface area contributed by atoms with Crippen LogP contribution in [0.4, 0.5) is 0 Å². The molecule has 2 saturated heterocycles. The summed E-state index contributed by atoms with van der Waals surface area (Å²) in [5.74, 6) is 0.697. The number of nitrogens with zero attached hydrogens (tertiary/aromatic N) is 2. The van der Waals surface area contributed by atoms with E-state index in [1.54, 1.807) is 24.3 Å². The zero-order valence-corrected chi connectivity index (χ0v) is 18.3. The van der Waals surface area contributed by atoms with Gasteiger partial charge in [0.05, 0.1) is 18.1 Å². The highest BCUT2D eigenvalue weighted by molar-refractivity contribution is 7.89. The lowest BCUT2D eigenvalue weighted by Gasteiger charge is -2.26. The minimum Gasteiger partial charge on any atom is -0.492 e. The fourth-order valence-corrected chi connectivity index (χ4v) is 5.74. The fourth-order valence-electron chi connectivity index (χ4n) is 4.33. The SMILES string of the molecule is Cc1ccccc1C1CCCN1CCOc1ccc(S(=O)(=O)N2CCOCC2)cc1. The Labute approximate surface area is 179 Å². The average molecular weight is 431 g/mol. The zero-order valence-electron chi connectivity index (χ0n) is 17.5. The first-order valence-electron chi connectivity index (χ1n) is 10.7. The molecule has 6 nitrogen and oxygen atoms in total. The predicted molar refractivity (Wildman–Crippen MR) is 116 cm³/mol. The number of ether oxygens (including phenoxy) is 2. The Morgan fingerprint density at radius 2 is 1.77 bits per heavy atom. The van der Waals surface area contributed by atoms with Crippen molar-refractivity contribution in [3.8, 4) is 5.75 Å². The highest BCUT2D eigenvalue weighted by Gasteiger charge is 2.27. The molecule has 2 aromatic rings. The second kappa shape index (κ2) is 9.47. The summed E-state index contributed by atoms with van der Waals surface area (Å²) in [5.41, 5.74) is 2.75. The lowest BCUT2D eigenvalue weighted by molar-refractivity contribution is 0.0730. The standard InChI is InChI=1S/C23H30N2O4S/c1-19-5-2-3-6-22(19)23-7-4-12-24(23)13-18-29-20-8-10-21(11-9-20)30(26,27)25-14-16-28-17-15-25/h2-3,5-6,8-11,23H,4,7,12-18H2,1H3. The molecule has 2 aromatic carbocycles. The van der Waals surface area contributed by atoms with Gasteiger partial charge in [0.15, 0.2) is 0 Å². The molecule has 1 unspecified atom stereocenters. The number of benzene rings is 2. The van der Waals surface area contributed by atoms with Crippen molar-refractivity contribution in [1.82, 2.24) is 9.21 Å². The third-order valence-corrected chi connectivity index (χ3v) is 7.90. The quantitative estimate of drug-likeness (QED) is 0.675. The van der Waals surface area contributed by atoms with Crippen LogP contribution in [0.25, 0.3) is 0 Å². The van der Waals surface area contributed by atoms with Crippen LogP contribution in [-0.4, -0.2) is 63.6 Å². The van der Waals surface area contributed by atoms with Crippen LogP contribution in [0.3, 0.4) is 0 Å². The molecule has 0 amide bonds. The summed E-state index contributed by atoms with van der Waals surface area (Å²) < 4.78 is 38.1. The number of rotatable bonds is 7. The molecular formula is C23H30N2O4S. The van der Waals surface area contributed by atoms with Crippen molar-refractivity contribution < 1.29 is 17.9 Å². The molecule has 2 aliphatic rings. The summed E-state index contributed by atoms with van der Waals surface area (Å²) in [7, 11) is -3.46. The van der Waals surface area contributed by atoms with Crippen LogP contribution in [0, 0.1) is 6.92 Å². The van der Waals surface area contributed by atoms with E-state index < -0.39 is 10.0 Å². The van der Waals surface area contributed by atoms with E-state index >= 15 is 0 Å². The van der Waals surface area contributed by atoms with Gasteiger partial charge in [0.1, 0.15) is 12.4 Å². The van der Waals surface area contributed by atoms with Crippen molar-refractivity contribution in [3.05, 3.63) is 59.7 Å². The van der Waals surface area contributed by atoms with Crippen LogP contribution in [0.1, 0.15) is 30.0 Å². The molecular weight excluding hydrogens is 400 g/mol. The van der Waals surface area contributed by atoms with Crippen LogP contribution in [0.5, 0.6) is 5.75 Å². The molecule has 2 heterocycles. The third kappa shape index (κ3) is 4.70. The van der Waals surface area contributed by atoms with Crippen LogP contribution < -0.4 is 4.74 Å². The maximum absolute atomic E-state index is 12.7. The van der Waals surface area contributed by atoms with Crippen LogP contribution in [0.15, 0.2) is 53.4 Å². The van der Waals surface area contributed by atoms with Crippen molar-refractivity contribution in [3.63, 3.8) is 0 Å². The van der Waals surface area contributed by atoms with Gasteiger partial charge >= 0.3 is 0 Å². The number of hydrogen-bond acceptors (Lipinski definition) is 5. The minimum absolute atomic E-state index is 0.302. The first kappa shape index (κ1) is 21.3. The average Bonchev–Trinajstić information content (AvgIpc) is 3.23. The number of hydrogen-bond donors (Lipinski definition) is 0. The molecule has 0 N–H and O–H groups in total. The van der Waals surface area contributed by atoms with Crippen molar-refractivity contribution in [2.24, 2.45) is 0 Å². The Balaban J connectivity index is 1.33. The van der Waals surface area contributed by atoms with E-state index in [9.17, 15) is 8.42 Å². The topological polar surface area (TPSA) is 59.1 Å². The van der Waals surface area contributed by atoms with Gasteiger partial charge < -0.3 is 9.47 Å². The van der Waals surface area contributed by atoms with Crippen LogP contribution in [-0.2, 0) is 14.8 Å². The van der Waals surface area contributed by atoms with Crippen molar-refractivity contribution in [2.45, 2.75) is 30.7 Å². The van der Waals surface area contributed by atoms with Gasteiger partial charge in [0.25, 0.3) is 0 Å². The lowest BCUT2D eigenvalue weighted by atomic mass is 9.99. The summed E-state index contributed by atoms with van der Waals surface area (Å²) in [6, 6.07) is 15.8. The van der Waals surface area contributed by atoms with Gasteiger partial charge in [-0.25, -0.2) is 8.42 Å². The van der Waals surface area contributed by atoms with E-state index in [4.69, 9.17) is 9.47 Å². The lowest BCUT2D eigenvalue weighted by Crippen LogP contribution is -2.40. The molecule has 7 heteroatoms. The number of sulfonamides is 1. The summed E-state index contributed by atoms with van der Waals surface area (Å²) in [6.45, 7) is 6.39. The third-order valence-electron chi connectivity index (χ3n) is 5.99. The summed E-state index contributed by atoms with van der Waals surface area (Å²) >= 11 is 0. The molecule has 0 spiro atoms. The summed E-state index contributed by atoms with van der Waals surface area (Å²) in [4.78, 5) is 2.79. The Bertz CT molecular complexity index is 940.